The Kier molecular flexibility index (Phi) is 2.49. The van der Waals surface area contributed by atoms with Crippen LogP contribution in [0.4, 0.5) is 0 Å². The van der Waals surface area contributed by atoms with E-state index in [9.17, 15) is 0 Å². The maximum Gasteiger partial charge on any atom is 0.115 e. The van der Waals surface area contributed by atoms with Crippen molar-refractivity contribution in [2.45, 2.75) is 6.92 Å². The van der Waals surface area contributed by atoms with Gasteiger partial charge >= 0.3 is 0 Å². The van der Waals surface area contributed by atoms with Crippen molar-refractivity contribution in [2.24, 2.45) is 0 Å². The monoisotopic (exact) mass is 151 g/mol. The van der Waals surface area contributed by atoms with E-state index in [1.807, 2.05) is 13.0 Å². The van der Waals surface area contributed by atoms with Crippen LogP contribution in [0.15, 0.2) is 24.3 Å². The summed E-state index contributed by atoms with van der Waals surface area (Å²) in [5.74, 6) is 1.09. The highest BCUT2D eigenvalue weighted by atomic mass is 16.3. The van der Waals surface area contributed by atoms with Gasteiger partial charge in [-0.25, -0.2) is 0 Å². The Hall–Kier alpha value is -1.02. The molecular weight excluding hydrogens is 140 g/mol. The average Bonchev–Trinajstić information content (AvgIpc) is 2.03. The van der Waals surface area contributed by atoms with E-state index in [1.54, 1.807) is 18.2 Å². The lowest BCUT2D eigenvalue weighted by Gasteiger charge is -2.06. The first-order chi connectivity index (χ1) is 5.24. The summed E-state index contributed by atoms with van der Waals surface area (Å²) in [6.45, 7) is 1.86. The third kappa shape index (κ3) is 1.95. The molecule has 2 heteroatoms. The van der Waals surface area contributed by atoms with E-state index in [0.29, 0.717) is 0 Å². The Morgan fingerprint density at radius 1 is 1.45 bits per heavy atom. The number of aliphatic hydroxyl groups excluding tert-OH is 1. The van der Waals surface area contributed by atoms with Gasteiger partial charge in [-0.3, -0.25) is 0 Å². The highest BCUT2D eigenvalue weighted by Crippen LogP contribution is 2.17. The lowest BCUT2D eigenvalue weighted by atomic mass is 10.0. The Morgan fingerprint density at radius 2 is 2.18 bits per heavy atom. The Morgan fingerprint density at radius 3 is 2.73 bits per heavy atom. The standard InChI is InChI=1S/C9H11O2/c1-7(6-10)8-3-2-4-9(11)5-8/h2-5,10-11H,6H2,1H3. The minimum Gasteiger partial charge on any atom is -0.508 e. The zero-order valence-corrected chi connectivity index (χ0v) is 6.41. The first-order valence-electron chi connectivity index (χ1n) is 3.46. The molecule has 0 saturated carbocycles. The van der Waals surface area contributed by atoms with E-state index in [-0.39, 0.29) is 12.4 Å². The normalized spacial score (nSPS) is 10.5. The van der Waals surface area contributed by atoms with Crippen LogP contribution < -0.4 is 0 Å². The lowest BCUT2D eigenvalue weighted by molar-refractivity contribution is 0.315. The van der Waals surface area contributed by atoms with E-state index in [0.717, 1.165) is 11.5 Å². The van der Waals surface area contributed by atoms with Gasteiger partial charge < -0.3 is 10.2 Å². The quantitative estimate of drug-likeness (QED) is 0.669. The molecule has 0 aliphatic rings. The van der Waals surface area contributed by atoms with Gasteiger partial charge in [-0.05, 0) is 17.7 Å². The van der Waals surface area contributed by atoms with Crippen molar-refractivity contribution in [3.63, 3.8) is 0 Å². The molecule has 0 aliphatic heterocycles. The molecule has 0 bridgehead atoms. The van der Waals surface area contributed by atoms with Crippen LogP contribution in [-0.2, 0) is 0 Å². The van der Waals surface area contributed by atoms with Gasteiger partial charge in [0.15, 0.2) is 0 Å². The van der Waals surface area contributed by atoms with Gasteiger partial charge in [0, 0.05) is 5.92 Å². The summed E-state index contributed by atoms with van der Waals surface area (Å²) in [6.07, 6.45) is 0. The number of phenols is 1. The van der Waals surface area contributed by atoms with Crippen LogP contribution in [0.1, 0.15) is 12.5 Å². The van der Waals surface area contributed by atoms with Crippen LogP contribution in [-0.4, -0.2) is 16.8 Å². The van der Waals surface area contributed by atoms with Crippen molar-refractivity contribution >= 4 is 0 Å². The summed E-state index contributed by atoms with van der Waals surface area (Å²) >= 11 is 0. The molecule has 1 rings (SSSR count). The maximum atomic E-state index is 9.06. The molecule has 0 atom stereocenters. The molecule has 0 aromatic heterocycles. The molecular formula is C9H11O2. The molecule has 0 saturated heterocycles. The summed E-state index contributed by atoms with van der Waals surface area (Å²) in [4.78, 5) is 0. The Balaban J connectivity index is 2.86. The molecule has 2 nitrogen and oxygen atoms in total. The molecule has 0 heterocycles. The average molecular weight is 151 g/mol. The van der Waals surface area contributed by atoms with Gasteiger partial charge in [-0.2, -0.15) is 0 Å². The van der Waals surface area contributed by atoms with Crippen molar-refractivity contribution in [3.05, 3.63) is 35.7 Å². The first kappa shape index (κ1) is 8.08. The summed E-state index contributed by atoms with van der Waals surface area (Å²) in [7, 11) is 0. The number of aromatic hydroxyl groups is 1. The second kappa shape index (κ2) is 3.39. The Labute approximate surface area is 66.1 Å². The summed E-state index contributed by atoms with van der Waals surface area (Å²) in [6, 6.07) is 6.84. The highest BCUT2D eigenvalue weighted by molar-refractivity contribution is 5.35. The van der Waals surface area contributed by atoms with Crippen molar-refractivity contribution in [3.8, 4) is 5.75 Å². The molecule has 0 amide bonds. The first-order valence-corrected chi connectivity index (χ1v) is 3.46. The molecule has 0 aliphatic carbocycles. The van der Waals surface area contributed by atoms with Crippen molar-refractivity contribution in [1.82, 2.24) is 0 Å². The van der Waals surface area contributed by atoms with Gasteiger partial charge in [0.1, 0.15) is 5.75 Å². The smallest absolute Gasteiger partial charge is 0.115 e. The molecule has 2 N–H and O–H groups in total. The summed E-state index contributed by atoms with van der Waals surface area (Å²) in [5, 5.41) is 17.8. The van der Waals surface area contributed by atoms with Gasteiger partial charge in [-0.1, -0.05) is 19.1 Å². The maximum absolute atomic E-state index is 9.06. The Bertz CT molecular complexity index is 233. The largest absolute Gasteiger partial charge is 0.508 e. The van der Waals surface area contributed by atoms with Crippen LogP contribution in [0.3, 0.4) is 0 Å². The number of rotatable bonds is 2. The van der Waals surface area contributed by atoms with E-state index in [2.05, 4.69) is 0 Å². The van der Waals surface area contributed by atoms with Crippen molar-refractivity contribution in [2.75, 3.05) is 6.61 Å². The zero-order chi connectivity index (χ0) is 8.27. The van der Waals surface area contributed by atoms with E-state index < -0.39 is 0 Å². The highest BCUT2D eigenvalue weighted by Gasteiger charge is 2.03. The van der Waals surface area contributed by atoms with Crippen LogP contribution in [0.5, 0.6) is 5.75 Å². The number of aliphatic hydroxyl groups is 1. The predicted octanol–water partition coefficient (Wildman–Crippen LogP) is 1.33. The number of hydrogen-bond acceptors (Lipinski definition) is 2. The zero-order valence-electron chi connectivity index (χ0n) is 6.41. The SMILES string of the molecule is C[C](CO)c1cccc(O)c1. The third-order valence-electron chi connectivity index (χ3n) is 1.58. The van der Waals surface area contributed by atoms with E-state index >= 15 is 0 Å². The van der Waals surface area contributed by atoms with Gasteiger partial charge in [0.05, 0.1) is 6.61 Å². The van der Waals surface area contributed by atoms with Gasteiger partial charge in [0.25, 0.3) is 0 Å². The second-order valence-corrected chi connectivity index (χ2v) is 2.49. The molecule has 0 fully saturated rings. The molecule has 0 unspecified atom stereocenters. The molecule has 59 valence electrons. The van der Waals surface area contributed by atoms with Crippen molar-refractivity contribution in [1.29, 1.82) is 0 Å². The van der Waals surface area contributed by atoms with Crippen LogP contribution in [0.25, 0.3) is 0 Å². The lowest BCUT2D eigenvalue weighted by Crippen LogP contribution is -1.98. The predicted molar refractivity (Wildman–Crippen MR) is 43.2 cm³/mol. The fraction of sp³-hybridized carbons (Fsp3) is 0.222. The van der Waals surface area contributed by atoms with Gasteiger partial charge in [0.2, 0.25) is 0 Å². The van der Waals surface area contributed by atoms with Crippen LogP contribution in [0.2, 0.25) is 0 Å². The summed E-state index contributed by atoms with van der Waals surface area (Å²) in [5.41, 5.74) is 0.882. The molecule has 1 radical (unpaired) electrons. The fourth-order valence-corrected chi connectivity index (χ4v) is 0.863. The number of benzene rings is 1. The molecule has 0 spiro atoms. The van der Waals surface area contributed by atoms with Crippen LogP contribution in [0, 0.1) is 5.92 Å². The molecule has 1 aromatic rings. The molecule has 1 aromatic carbocycles. The minimum atomic E-state index is 0.0312. The molecule has 11 heavy (non-hydrogen) atoms. The summed E-state index contributed by atoms with van der Waals surface area (Å²) < 4.78 is 0. The topological polar surface area (TPSA) is 40.5 Å². The fourth-order valence-electron chi connectivity index (χ4n) is 0.863. The van der Waals surface area contributed by atoms with Crippen molar-refractivity contribution < 1.29 is 10.2 Å². The third-order valence-corrected chi connectivity index (χ3v) is 1.58. The van der Waals surface area contributed by atoms with Crippen LogP contribution >= 0.6 is 0 Å². The van der Waals surface area contributed by atoms with E-state index in [4.69, 9.17) is 10.2 Å². The number of hydrogen-bond donors (Lipinski definition) is 2. The number of phenolic OH excluding ortho intramolecular Hbond substituents is 1. The minimum absolute atomic E-state index is 0.0312. The van der Waals surface area contributed by atoms with E-state index in [1.165, 1.54) is 0 Å². The van der Waals surface area contributed by atoms with Gasteiger partial charge in [-0.15, -0.1) is 0 Å². The second-order valence-electron chi connectivity index (χ2n) is 2.49.